The quantitative estimate of drug-likeness (QED) is 0.710. The largest absolute Gasteiger partial charge is 0.477 e. The molecule has 4 heteroatoms. The van der Waals surface area contributed by atoms with Gasteiger partial charge in [-0.2, -0.15) is 0 Å². The molecule has 0 saturated heterocycles. The molecule has 1 heterocycles. The Labute approximate surface area is 73.0 Å². The average molecular weight is 183 g/mol. The molecule has 0 radical (unpaired) electrons. The second-order valence-corrected chi connectivity index (χ2v) is 3.57. The van der Waals surface area contributed by atoms with Crippen LogP contribution in [0.2, 0.25) is 0 Å². The molecule has 0 aromatic carbocycles. The van der Waals surface area contributed by atoms with Gasteiger partial charge in [0.1, 0.15) is 5.69 Å². The van der Waals surface area contributed by atoms with Crippen molar-refractivity contribution in [1.29, 1.82) is 0 Å². The van der Waals surface area contributed by atoms with E-state index < -0.39 is 5.97 Å². The Balaban J connectivity index is 3.04. The smallest absolute Gasteiger partial charge is 0.354 e. The highest BCUT2D eigenvalue weighted by atomic mass is 31.0. The van der Waals surface area contributed by atoms with Crippen LogP contribution in [0.1, 0.15) is 28.6 Å². The Morgan fingerprint density at radius 2 is 2.42 bits per heavy atom. The van der Waals surface area contributed by atoms with Crippen LogP contribution >= 0.6 is 9.24 Å². The van der Waals surface area contributed by atoms with Gasteiger partial charge in [0, 0.05) is 6.20 Å². The maximum Gasteiger partial charge on any atom is 0.354 e. The van der Waals surface area contributed by atoms with Gasteiger partial charge in [0.2, 0.25) is 0 Å². The lowest BCUT2D eigenvalue weighted by molar-refractivity contribution is 0.0690. The number of carboxylic acids is 1. The van der Waals surface area contributed by atoms with Crippen LogP contribution in [0.25, 0.3) is 0 Å². The minimum atomic E-state index is -0.984. The number of rotatable bonds is 2. The second kappa shape index (κ2) is 3.63. The number of pyridine rings is 1. The molecule has 12 heavy (non-hydrogen) atoms. The lowest BCUT2D eigenvalue weighted by atomic mass is 10.2. The Bertz CT molecular complexity index is 299. The third-order valence-corrected chi connectivity index (χ3v) is 1.91. The fourth-order valence-corrected chi connectivity index (χ4v) is 1.05. The lowest BCUT2D eigenvalue weighted by Gasteiger charge is -2.04. The summed E-state index contributed by atoms with van der Waals surface area (Å²) in [6.07, 6.45) is 1.51. The standard InChI is InChI=1S/C8H10NO2P/c1-5(12)6-2-3-9-7(4-6)8(10)11/h2-5H,12H2,1H3,(H,10,11). The molecule has 1 N–H and O–H groups in total. The molecule has 2 atom stereocenters. The van der Waals surface area contributed by atoms with Gasteiger partial charge in [0.25, 0.3) is 0 Å². The summed E-state index contributed by atoms with van der Waals surface area (Å²) >= 11 is 0. The minimum absolute atomic E-state index is 0.0989. The van der Waals surface area contributed by atoms with Crippen molar-refractivity contribution < 1.29 is 9.90 Å². The highest BCUT2D eigenvalue weighted by molar-refractivity contribution is 7.17. The van der Waals surface area contributed by atoms with Crippen molar-refractivity contribution in [3.05, 3.63) is 29.6 Å². The topological polar surface area (TPSA) is 50.2 Å². The number of nitrogens with zero attached hydrogens (tertiary/aromatic N) is 1. The van der Waals surface area contributed by atoms with E-state index >= 15 is 0 Å². The van der Waals surface area contributed by atoms with E-state index in [-0.39, 0.29) is 11.4 Å². The molecule has 0 bridgehead atoms. The second-order valence-electron chi connectivity index (χ2n) is 2.57. The first-order valence-corrected chi connectivity index (χ1v) is 4.22. The van der Waals surface area contributed by atoms with Gasteiger partial charge < -0.3 is 5.11 Å². The van der Waals surface area contributed by atoms with Crippen molar-refractivity contribution in [3.63, 3.8) is 0 Å². The first-order chi connectivity index (χ1) is 5.61. The number of carboxylic acid groups (broad SMARTS) is 1. The molecule has 64 valence electrons. The first kappa shape index (κ1) is 9.14. The zero-order valence-corrected chi connectivity index (χ0v) is 7.84. The predicted molar refractivity (Wildman–Crippen MR) is 49.3 cm³/mol. The summed E-state index contributed by atoms with van der Waals surface area (Å²) in [5, 5.41) is 8.62. The van der Waals surface area contributed by atoms with Gasteiger partial charge >= 0.3 is 5.97 Å². The van der Waals surface area contributed by atoms with Crippen molar-refractivity contribution in [2.75, 3.05) is 0 Å². The maximum atomic E-state index is 10.5. The number of aromatic nitrogens is 1. The molecule has 1 aromatic heterocycles. The van der Waals surface area contributed by atoms with Gasteiger partial charge in [-0.05, 0) is 23.4 Å². The Hall–Kier alpha value is -0.950. The van der Waals surface area contributed by atoms with Crippen LogP contribution in [0.15, 0.2) is 18.3 Å². The highest BCUT2D eigenvalue weighted by Crippen LogP contribution is 2.21. The van der Waals surface area contributed by atoms with Gasteiger partial charge in [-0.3, -0.25) is 0 Å². The van der Waals surface area contributed by atoms with Crippen LogP contribution in [0.5, 0.6) is 0 Å². The highest BCUT2D eigenvalue weighted by Gasteiger charge is 2.06. The summed E-state index contributed by atoms with van der Waals surface area (Å²) < 4.78 is 0. The molecule has 1 aromatic rings. The van der Waals surface area contributed by atoms with Crippen molar-refractivity contribution >= 4 is 15.2 Å². The Kier molecular flexibility index (Phi) is 2.77. The van der Waals surface area contributed by atoms with Gasteiger partial charge in [-0.1, -0.05) is 6.92 Å². The molecule has 2 unspecified atom stereocenters. The van der Waals surface area contributed by atoms with Crippen molar-refractivity contribution in [2.24, 2.45) is 0 Å². The molecule has 0 fully saturated rings. The third-order valence-electron chi connectivity index (χ3n) is 1.53. The molecule has 0 aliphatic rings. The molecular weight excluding hydrogens is 173 g/mol. The summed E-state index contributed by atoms with van der Waals surface area (Å²) in [4.78, 5) is 14.2. The number of hydrogen-bond acceptors (Lipinski definition) is 2. The fourth-order valence-electron chi connectivity index (χ4n) is 0.847. The molecule has 0 spiro atoms. The number of carbonyl (C=O) groups is 1. The SMILES string of the molecule is CC(P)c1ccnc(C(=O)O)c1. The van der Waals surface area contributed by atoms with Crippen LogP contribution < -0.4 is 0 Å². The van der Waals surface area contributed by atoms with Gasteiger partial charge in [-0.25, -0.2) is 9.78 Å². The Morgan fingerprint density at radius 1 is 1.75 bits per heavy atom. The molecule has 0 saturated carbocycles. The average Bonchev–Trinajstić information content (AvgIpc) is 2.04. The van der Waals surface area contributed by atoms with E-state index in [1.54, 1.807) is 6.07 Å². The van der Waals surface area contributed by atoms with E-state index in [0.29, 0.717) is 0 Å². The van der Waals surface area contributed by atoms with Gasteiger partial charge in [0.15, 0.2) is 0 Å². The summed E-state index contributed by atoms with van der Waals surface area (Å²) in [5.41, 5.74) is 1.32. The first-order valence-electron chi connectivity index (χ1n) is 3.56. The van der Waals surface area contributed by atoms with Crippen LogP contribution in [0, 0.1) is 0 Å². The summed E-state index contributed by atoms with van der Waals surface area (Å²) in [6.45, 7) is 1.98. The molecule has 0 amide bonds. The molecule has 3 nitrogen and oxygen atoms in total. The zero-order valence-electron chi connectivity index (χ0n) is 6.69. The molecule has 0 aliphatic carbocycles. The Morgan fingerprint density at radius 3 is 2.92 bits per heavy atom. The number of hydrogen-bond donors (Lipinski definition) is 1. The van der Waals surface area contributed by atoms with E-state index in [9.17, 15) is 4.79 Å². The third kappa shape index (κ3) is 2.02. The number of aromatic carboxylic acids is 1. The van der Waals surface area contributed by atoms with Gasteiger partial charge in [-0.15, -0.1) is 9.24 Å². The van der Waals surface area contributed by atoms with Crippen LogP contribution in [0.3, 0.4) is 0 Å². The molecule has 1 rings (SSSR count). The van der Waals surface area contributed by atoms with E-state index in [1.807, 2.05) is 13.0 Å². The maximum absolute atomic E-state index is 10.5. The van der Waals surface area contributed by atoms with E-state index in [0.717, 1.165) is 5.56 Å². The predicted octanol–water partition coefficient (Wildman–Crippen LogP) is 1.72. The van der Waals surface area contributed by atoms with Crippen LogP contribution in [-0.4, -0.2) is 16.1 Å². The normalized spacial score (nSPS) is 12.5. The summed E-state index contributed by atoms with van der Waals surface area (Å²) in [6, 6.07) is 3.39. The van der Waals surface area contributed by atoms with Crippen molar-refractivity contribution in [3.8, 4) is 0 Å². The van der Waals surface area contributed by atoms with Crippen LogP contribution in [-0.2, 0) is 0 Å². The molecular formula is C8H10NO2P. The van der Waals surface area contributed by atoms with Gasteiger partial charge in [0.05, 0.1) is 0 Å². The van der Waals surface area contributed by atoms with E-state index in [1.165, 1.54) is 6.20 Å². The summed E-state index contributed by atoms with van der Waals surface area (Å²) in [5.74, 6) is -0.984. The van der Waals surface area contributed by atoms with E-state index in [4.69, 9.17) is 5.11 Å². The molecule has 0 aliphatic heterocycles. The van der Waals surface area contributed by atoms with Crippen molar-refractivity contribution in [2.45, 2.75) is 12.6 Å². The zero-order chi connectivity index (χ0) is 9.14. The van der Waals surface area contributed by atoms with E-state index in [2.05, 4.69) is 14.2 Å². The lowest BCUT2D eigenvalue weighted by Crippen LogP contribution is -2.00. The van der Waals surface area contributed by atoms with Crippen molar-refractivity contribution in [1.82, 2.24) is 4.98 Å². The minimum Gasteiger partial charge on any atom is -0.477 e. The monoisotopic (exact) mass is 183 g/mol. The summed E-state index contributed by atoms with van der Waals surface area (Å²) in [7, 11) is 2.61. The fraction of sp³-hybridized carbons (Fsp3) is 0.250. The van der Waals surface area contributed by atoms with Crippen LogP contribution in [0.4, 0.5) is 0 Å².